The van der Waals surface area contributed by atoms with Gasteiger partial charge < -0.3 is 10.6 Å². The summed E-state index contributed by atoms with van der Waals surface area (Å²) in [5, 5.41) is 17.5. The highest BCUT2D eigenvalue weighted by Crippen LogP contribution is 2.27. The molecule has 0 radical (unpaired) electrons. The lowest BCUT2D eigenvalue weighted by molar-refractivity contribution is -0.384. The van der Waals surface area contributed by atoms with Gasteiger partial charge in [0, 0.05) is 28.8 Å². The van der Waals surface area contributed by atoms with Gasteiger partial charge in [-0.2, -0.15) is 0 Å². The molecule has 0 spiro atoms. The van der Waals surface area contributed by atoms with E-state index in [4.69, 9.17) is 0 Å². The number of nitro groups is 1. The molecule has 2 unspecified atom stereocenters. The number of nitrogens with one attached hydrogen (secondary N) is 2. The zero-order chi connectivity index (χ0) is 13.1. The minimum absolute atomic E-state index is 0.00978. The van der Waals surface area contributed by atoms with Crippen molar-refractivity contribution < 1.29 is 4.92 Å². The van der Waals surface area contributed by atoms with Crippen LogP contribution in [0.3, 0.4) is 0 Å². The van der Waals surface area contributed by atoms with E-state index in [-0.39, 0.29) is 11.7 Å². The van der Waals surface area contributed by atoms with Gasteiger partial charge in [0.2, 0.25) is 5.82 Å². The lowest BCUT2D eigenvalue weighted by Gasteiger charge is -2.28. The Kier molecular flexibility index (Phi) is 4.13. The first-order valence-corrected chi connectivity index (χ1v) is 6.65. The van der Waals surface area contributed by atoms with Gasteiger partial charge in [0.1, 0.15) is 0 Å². The molecule has 6 nitrogen and oxygen atoms in total. The van der Waals surface area contributed by atoms with Gasteiger partial charge in [0.15, 0.2) is 0 Å². The van der Waals surface area contributed by atoms with Crippen LogP contribution in [0.4, 0.5) is 11.5 Å². The summed E-state index contributed by atoms with van der Waals surface area (Å²) in [5.41, 5.74) is 0.00978. The van der Waals surface area contributed by atoms with Crippen molar-refractivity contribution in [3.8, 4) is 0 Å². The number of rotatable bonds is 3. The van der Waals surface area contributed by atoms with Crippen molar-refractivity contribution in [1.29, 1.82) is 0 Å². The van der Waals surface area contributed by atoms with E-state index in [9.17, 15) is 10.1 Å². The fourth-order valence-corrected chi connectivity index (χ4v) is 2.45. The number of anilines is 1. The van der Waals surface area contributed by atoms with Crippen molar-refractivity contribution in [3.63, 3.8) is 0 Å². The summed E-state index contributed by atoms with van der Waals surface area (Å²) in [7, 11) is 0. The number of aromatic nitrogens is 1. The maximum Gasteiger partial charge on any atom is 0.312 e. The molecule has 1 aliphatic heterocycles. The highest BCUT2D eigenvalue weighted by atomic mass is 79.9. The van der Waals surface area contributed by atoms with E-state index >= 15 is 0 Å². The Bertz CT molecular complexity index is 455. The minimum Gasteiger partial charge on any atom is -0.362 e. The zero-order valence-corrected chi connectivity index (χ0v) is 11.6. The van der Waals surface area contributed by atoms with Gasteiger partial charge in [0.05, 0.1) is 4.92 Å². The number of hydrogen-bond acceptors (Lipinski definition) is 5. The summed E-state index contributed by atoms with van der Waals surface area (Å²) in [6, 6.07) is 2.12. The number of halogens is 1. The number of pyridine rings is 1. The lowest BCUT2D eigenvalue weighted by atomic mass is 10.0. The van der Waals surface area contributed by atoms with E-state index in [0.29, 0.717) is 16.3 Å². The van der Waals surface area contributed by atoms with Crippen LogP contribution < -0.4 is 10.6 Å². The second-order valence-corrected chi connectivity index (χ2v) is 5.41. The Balaban J connectivity index is 2.15. The quantitative estimate of drug-likeness (QED) is 0.661. The van der Waals surface area contributed by atoms with Crippen LogP contribution in [0, 0.1) is 10.1 Å². The molecular formula is C11H15BrN4O2. The van der Waals surface area contributed by atoms with Crippen molar-refractivity contribution in [2.24, 2.45) is 0 Å². The predicted octanol–water partition coefficient (Wildman–Crippen LogP) is 2.30. The Morgan fingerprint density at radius 2 is 2.44 bits per heavy atom. The Hall–Kier alpha value is -1.21. The van der Waals surface area contributed by atoms with Crippen LogP contribution in [-0.2, 0) is 0 Å². The molecule has 18 heavy (non-hydrogen) atoms. The van der Waals surface area contributed by atoms with Gasteiger partial charge in [-0.15, -0.1) is 0 Å². The molecule has 2 N–H and O–H groups in total. The first-order chi connectivity index (χ1) is 8.56. The van der Waals surface area contributed by atoms with Crippen molar-refractivity contribution in [3.05, 3.63) is 26.9 Å². The normalized spacial score (nSPS) is 23.7. The molecule has 1 aliphatic rings. The van der Waals surface area contributed by atoms with Crippen molar-refractivity contribution in [1.82, 2.24) is 10.3 Å². The van der Waals surface area contributed by atoms with Crippen LogP contribution >= 0.6 is 15.9 Å². The molecule has 0 saturated carbocycles. The number of hydrogen-bond donors (Lipinski definition) is 2. The maximum atomic E-state index is 11.0. The van der Waals surface area contributed by atoms with E-state index in [0.717, 1.165) is 19.4 Å². The number of piperidine rings is 1. The average Bonchev–Trinajstić information content (AvgIpc) is 2.31. The van der Waals surface area contributed by atoms with E-state index < -0.39 is 4.92 Å². The predicted molar refractivity (Wildman–Crippen MR) is 72.7 cm³/mol. The van der Waals surface area contributed by atoms with Crippen molar-refractivity contribution in [2.75, 3.05) is 11.9 Å². The molecule has 1 aromatic rings. The molecule has 0 aromatic carbocycles. The summed E-state index contributed by atoms with van der Waals surface area (Å²) in [6.07, 6.45) is 3.45. The van der Waals surface area contributed by atoms with Crippen molar-refractivity contribution in [2.45, 2.75) is 31.8 Å². The summed E-state index contributed by atoms with van der Waals surface area (Å²) in [4.78, 5) is 14.7. The minimum atomic E-state index is -0.412. The highest BCUT2D eigenvalue weighted by molar-refractivity contribution is 9.10. The molecule has 1 aromatic heterocycles. The Morgan fingerprint density at radius 3 is 3.11 bits per heavy atom. The molecule has 7 heteroatoms. The summed E-state index contributed by atoms with van der Waals surface area (Å²) >= 11 is 3.19. The van der Waals surface area contributed by atoms with Gasteiger partial charge in [-0.05, 0) is 42.2 Å². The molecule has 98 valence electrons. The van der Waals surface area contributed by atoms with E-state index in [2.05, 4.69) is 38.5 Å². The maximum absolute atomic E-state index is 11.0. The lowest BCUT2D eigenvalue weighted by Crippen LogP contribution is -2.41. The van der Waals surface area contributed by atoms with Gasteiger partial charge >= 0.3 is 5.69 Å². The third kappa shape index (κ3) is 3.17. The Labute approximate surface area is 113 Å². The van der Waals surface area contributed by atoms with Gasteiger partial charge in [0.25, 0.3) is 0 Å². The zero-order valence-electron chi connectivity index (χ0n) is 10.0. The first-order valence-electron chi connectivity index (χ1n) is 5.86. The number of nitrogens with zero attached hydrogens (tertiary/aromatic N) is 2. The van der Waals surface area contributed by atoms with Crippen LogP contribution in [0.1, 0.15) is 19.8 Å². The molecule has 2 heterocycles. The molecule has 0 amide bonds. The second-order valence-electron chi connectivity index (χ2n) is 4.50. The monoisotopic (exact) mass is 314 g/mol. The molecule has 1 fully saturated rings. The molecule has 1 saturated heterocycles. The molecule has 2 rings (SSSR count). The standard InChI is InChI=1S/C11H15BrN4O2/c1-7-4-9(2-3-13-7)15-11-10(16(17)18)5-8(12)6-14-11/h5-7,9,13H,2-4H2,1H3,(H,14,15). The topological polar surface area (TPSA) is 80.1 Å². The average molecular weight is 315 g/mol. The molecule has 0 bridgehead atoms. The Morgan fingerprint density at radius 1 is 1.67 bits per heavy atom. The smallest absolute Gasteiger partial charge is 0.312 e. The van der Waals surface area contributed by atoms with E-state index in [1.54, 1.807) is 6.20 Å². The SMILES string of the molecule is CC1CC(Nc2ncc(Br)cc2[N+](=O)[O-])CCN1. The van der Waals surface area contributed by atoms with Crippen molar-refractivity contribution >= 4 is 27.4 Å². The fourth-order valence-electron chi connectivity index (χ4n) is 2.14. The summed E-state index contributed by atoms with van der Waals surface area (Å²) in [5.74, 6) is 0.349. The van der Waals surface area contributed by atoms with Crippen LogP contribution in [0.15, 0.2) is 16.7 Å². The van der Waals surface area contributed by atoms with Crippen LogP contribution in [0.5, 0.6) is 0 Å². The highest BCUT2D eigenvalue weighted by Gasteiger charge is 2.22. The largest absolute Gasteiger partial charge is 0.362 e. The molecule has 0 aliphatic carbocycles. The third-order valence-electron chi connectivity index (χ3n) is 3.00. The second kappa shape index (κ2) is 5.62. The molecular weight excluding hydrogens is 300 g/mol. The summed E-state index contributed by atoms with van der Waals surface area (Å²) in [6.45, 7) is 3.03. The van der Waals surface area contributed by atoms with Gasteiger partial charge in [-0.3, -0.25) is 10.1 Å². The van der Waals surface area contributed by atoms with Crippen LogP contribution in [0.25, 0.3) is 0 Å². The van der Waals surface area contributed by atoms with E-state index in [1.807, 2.05) is 0 Å². The molecule has 2 atom stereocenters. The van der Waals surface area contributed by atoms with Crippen LogP contribution in [-0.4, -0.2) is 28.5 Å². The first kappa shape index (κ1) is 13.2. The summed E-state index contributed by atoms with van der Waals surface area (Å²) < 4.78 is 0.610. The van der Waals surface area contributed by atoms with Gasteiger partial charge in [-0.25, -0.2) is 4.98 Å². The van der Waals surface area contributed by atoms with E-state index in [1.165, 1.54) is 6.07 Å². The van der Waals surface area contributed by atoms with Crippen LogP contribution in [0.2, 0.25) is 0 Å². The fraction of sp³-hybridized carbons (Fsp3) is 0.545. The van der Waals surface area contributed by atoms with Gasteiger partial charge in [-0.1, -0.05) is 0 Å². The third-order valence-corrected chi connectivity index (χ3v) is 3.43.